The Labute approximate surface area is 141 Å². The quantitative estimate of drug-likeness (QED) is 0.543. The minimum atomic E-state index is 0.546. The lowest BCUT2D eigenvalue weighted by Gasteiger charge is -2.08. The molecule has 0 spiro atoms. The van der Waals surface area contributed by atoms with Gasteiger partial charge in [0, 0.05) is 11.8 Å². The van der Waals surface area contributed by atoms with E-state index < -0.39 is 0 Å². The molecule has 0 saturated carbocycles. The van der Waals surface area contributed by atoms with Crippen molar-refractivity contribution in [2.45, 2.75) is 6.61 Å². The van der Waals surface area contributed by atoms with Gasteiger partial charge in [-0.25, -0.2) is 0 Å². The van der Waals surface area contributed by atoms with Crippen LogP contribution in [0.25, 0.3) is 17.0 Å². The third kappa shape index (κ3) is 2.88. The van der Waals surface area contributed by atoms with Crippen molar-refractivity contribution >= 4 is 19.0 Å². The minimum Gasteiger partial charge on any atom is -0.489 e. The first-order chi connectivity index (χ1) is 11.8. The summed E-state index contributed by atoms with van der Waals surface area (Å²) in [6.45, 7) is 0.546. The number of benzene rings is 2. The van der Waals surface area contributed by atoms with E-state index >= 15 is 0 Å². The molecule has 2 aromatic heterocycles. The van der Waals surface area contributed by atoms with Crippen LogP contribution < -0.4 is 10.2 Å². The largest absolute Gasteiger partial charge is 0.489 e. The first-order valence-electron chi connectivity index (χ1n) is 7.88. The standard InChI is InChI=1S/C19H16BN3O/c20-16-9-10-18-21-22-19(23(18)12-16)15-7-4-8-17(11-15)24-13-14-5-2-1-3-6-14/h1-12H,13,20H2. The van der Waals surface area contributed by atoms with Crippen LogP contribution in [0.2, 0.25) is 0 Å². The van der Waals surface area contributed by atoms with Crippen molar-refractivity contribution in [2.24, 2.45) is 0 Å². The highest BCUT2D eigenvalue weighted by atomic mass is 16.5. The Morgan fingerprint density at radius 2 is 1.79 bits per heavy atom. The Bertz CT molecular complexity index is 982. The molecule has 0 atom stereocenters. The third-order valence-corrected chi connectivity index (χ3v) is 3.89. The van der Waals surface area contributed by atoms with Gasteiger partial charge in [0.05, 0.1) is 0 Å². The number of fused-ring (bicyclic) bond motifs is 1. The normalized spacial score (nSPS) is 10.8. The van der Waals surface area contributed by atoms with Crippen LogP contribution >= 0.6 is 0 Å². The van der Waals surface area contributed by atoms with Crippen LogP contribution in [0.4, 0.5) is 0 Å². The summed E-state index contributed by atoms with van der Waals surface area (Å²) in [5, 5.41) is 8.56. The molecule has 0 aliphatic rings. The fourth-order valence-corrected chi connectivity index (χ4v) is 2.66. The Morgan fingerprint density at radius 3 is 2.67 bits per heavy atom. The van der Waals surface area contributed by atoms with Crippen LogP contribution in [-0.4, -0.2) is 22.4 Å². The highest BCUT2D eigenvalue weighted by molar-refractivity contribution is 6.32. The summed E-state index contributed by atoms with van der Waals surface area (Å²) in [7, 11) is 2.06. The van der Waals surface area contributed by atoms with Crippen molar-refractivity contribution in [3.63, 3.8) is 0 Å². The Morgan fingerprint density at radius 1 is 0.917 bits per heavy atom. The molecule has 0 saturated heterocycles. The van der Waals surface area contributed by atoms with E-state index in [1.165, 1.54) is 5.46 Å². The molecule has 0 aliphatic heterocycles. The van der Waals surface area contributed by atoms with Crippen molar-refractivity contribution in [1.29, 1.82) is 0 Å². The van der Waals surface area contributed by atoms with Crippen molar-refractivity contribution in [3.8, 4) is 17.1 Å². The zero-order valence-electron chi connectivity index (χ0n) is 13.4. The van der Waals surface area contributed by atoms with Gasteiger partial charge in [-0.2, -0.15) is 0 Å². The minimum absolute atomic E-state index is 0.546. The lowest BCUT2D eigenvalue weighted by atomic mass is 9.99. The van der Waals surface area contributed by atoms with E-state index in [1.807, 2.05) is 65.2 Å². The zero-order valence-corrected chi connectivity index (χ0v) is 13.4. The number of hydrogen-bond acceptors (Lipinski definition) is 3. The molecule has 0 unspecified atom stereocenters. The van der Waals surface area contributed by atoms with E-state index in [-0.39, 0.29) is 0 Å². The fraction of sp³-hybridized carbons (Fsp3) is 0.0526. The summed E-state index contributed by atoms with van der Waals surface area (Å²) in [5.74, 6) is 1.64. The lowest BCUT2D eigenvalue weighted by molar-refractivity contribution is 0.306. The van der Waals surface area contributed by atoms with E-state index in [0.717, 1.165) is 28.3 Å². The first kappa shape index (κ1) is 14.5. The molecule has 0 aliphatic carbocycles. The number of rotatable bonds is 4. The number of aromatic nitrogens is 3. The Balaban J connectivity index is 1.63. The summed E-state index contributed by atoms with van der Waals surface area (Å²) in [6.07, 6.45) is 2.04. The number of ether oxygens (including phenoxy) is 1. The predicted molar refractivity (Wildman–Crippen MR) is 97.4 cm³/mol. The molecule has 24 heavy (non-hydrogen) atoms. The Hall–Kier alpha value is -3.08. The molecule has 0 radical (unpaired) electrons. The molecule has 4 aromatic rings. The molecule has 2 heterocycles. The smallest absolute Gasteiger partial charge is 0.168 e. The lowest BCUT2D eigenvalue weighted by Crippen LogP contribution is -2.05. The van der Waals surface area contributed by atoms with Crippen LogP contribution in [0, 0.1) is 0 Å². The molecule has 0 fully saturated rings. The van der Waals surface area contributed by atoms with Gasteiger partial charge in [0.1, 0.15) is 20.2 Å². The second kappa shape index (κ2) is 6.20. The van der Waals surface area contributed by atoms with Gasteiger partial charge in [0.2, 0.25) is 0 Å². The van der Waals surface area contributed by atoms with Gasteiger partial charge < -0.3 is 4.74 Å². The highest BCUT2D eigenvalue weighted by Crippen LogP contribution is 2.23. The zero-order chi connectivity index (χ0) is 16.4. The first-order valence-corrected chi connectivity index (χ1v) is 7.88. The van der Waals surface area contributed by atoms with Gasteiger partial charge >= 0.3 is 0 Å². The molecule has 5 heteroatoms. The summed E-state index contributed by atoms with van der Waals surface area (Å²) in [4.78, 5) is 0. The average Bonchev–Trinajstić information content (AvgIpc) is 3.04. The molecule has 0 N–H and O–H groups in total. The van der Waals surface area contributed by atoms with Crippen LogP contribution in [0.1, 0.15) is 5.56 Å². The molecule has 0 amide bonds. The summed E-state index contributed by atoms with van der Waals surface area (Å²) in [6, 6.07) is 22.1. The van der Waals surface area contributed by atoms with Gasteiger partial charge in [-0.05, 0) is 23.8 Å². The SMILES string of the molecule is Bc1ccc2nnc(-c3cccc(OCc4ccccc4)c3)n2c1. The van der Waals surface area contributed by atoms with Crippen LogP contribution in [0.5, 0.6) is 5.75 Å². The van der Waals surface area contributed by atoms with Gasteiger partial charge in [-0.3, -0.25) is 4.40 Å². The summed E-state index contributed by atoms with van der Waals surface area (Å²) in [5.41, 5.74) is 4.14. The third-order valence-electron chi connectivity index (χ3n) is 3.89. The van der Waals surface area contributed by atoms with Gasteiger partial charge in [0.15, 0.2) is 11.5 Å². The van der Waals surface area contributed by atoms with E-state index in [1.54, 1.807) is 0 Å². The summed E-state index contributed by atoms with van der Waals surface area (Å²) < 4.78 is 7.91. The van der Waals surface area contributed by atoms with E-state index in [9.17, 15) is 0 Å². The van der Waals surface area contributed by atoms with Crippen molar-refractivity contribution in [1.82, 2.24) is 14.6 Å². The van der Waals surface area contributed by atoms with Crippen LogP contribution in [0.3, 0.4) is 0 Å². The van der Waals surface area contributed by atoms with Crippen molar-refractivity contribution in [3.05, 3.63) is 78.5 Å². The van der Waals surface area contributed by atoms with E-state index in [0.29, 0.717) is 6.61 Å². The monoisotopic (exact) mass is 313 g/mol. The Kier molecular flexibility index (Phi) is 3.75. The molecule has 2 aromatic carbocycles. The maximum atomic E-state index is 5.91. The molecule has 116 valence electrons. The van der Waals surface area contributed by atoms with Crippen molar-refractivity contribution < 1.29 is 4.74 Å². The molecule has 4 rings (SSSR count). The second-order valence-electron chi connectivity index (χ2n) is 5.76. The van der Waals surface area contributed by atoms with Crippen LogP contribution in [0.15, 0.2) is 72.9 Å². The molecule has 0 bridgehead atoms. The van der Waals surface area contributed by atoms with Gasteiger partial charge in [-0.15, -0.1) is 10.2 Å². The summed E-state index contributed by atoms with van der Waals surface area (Å²) >= 11 is 0. The van der Waals surface area contributed by atoms with E-state index in [2.05, 4.69) is 30.2 Å². The van der Waals surface area contributed by atoms with Crippen LogP contribution in [-0.2, 0) is 6.61 Å². The fourth-order valence-electron chi connectivity index (χ4n) is 2.66. The highest BCUT2D eigenvalue weighted by Gasteiger charge is 2.09. The van der Waals surface area contributed by atoms with Gasteiger partial charge in [0.25, 0.3) is 0 Å². The van der Waals surface area contributed by atoms with E-state index in [4.69, 9.17) is 4.74 Å². The van der Waals surface area contributed by atoms with Gasteiger partial charge in [-0.1, -0.05) is 54.0 Å². The number of hydrogen-bond donors (Lipinski definition) is 0. The second-order valence-corrected chi connectivity index (χ2v) is 5.76. The maximum Gasteiger partial charge on any atom is 0.168 e. The molecule has 4 nitrogen and oxygen atoms in total. The predicted octanol–water partition coefficient (Wildman–Crippen LogP) is 2.23. The molecular formula is C19H16BN3O. The number of nitrogens with zero attached hydrogens (tertiary/aromatic N) is 3. The number of pyridine rings is 1. The average molecular weight is 313 g/mol. The van der Waals surface area contributed by atoms with Crippen molar-refractivity contribution in [2.75, 3.05) is 0 Å². The molecular weight excluding hydrogens is 297 g/mol. The maximum absolute atomic E-state index is 5.91. The topological polar surface area (TPSA) is 39.4 Å².